The molecule has 96 valence electrons. The number of ether oxygens (including phenoxy) is 1. The van der Waals surface area contributed by atoms with Gasteiger partial charge in [-0.3, -0.25) is 0 Å². The molecule has 0 saturated heterocycles. The van der Waals surface area contributed by atoms with Crippen molar-refractivity contribution in [2.75, 3.05) is 12.4 Å². The van der Waals surface area contributed by atoms with E-state index in [2.05, 4.69) is 31.1 Å². The highest BCUT2D eigenvalue weighted by atomic mass is 16.5. The zero-order valence-electron chi connectivity index (χ0n) is 11.4. The second kappa shape index (κ2) is 7.15. The molecule has 3 heteroatoms. The highest BCUT2D eigenvalue weighted by molar-refractivity contribution is 5.42. The zero-order chi connectivity index (χ0) is 12.7. The third-order valence-electron chi connectivity index (χ3n) is 3.19. The number of hydrogen-bond donors (Lipinski definition) is 1. The molecule has 2 unspecified atom stereocenters. The van der Waals surface area contributed by atoms with Gasteiger partial charge in [0.1, 0.15) is 0 Å². The summed E-state index contributed by atoms with van der Waals surface area (Å²) in [6, 6.07) is 4.43. The van der Waals surface area contributed by atoms with Crippen LogP contribution in [-0.4, -0.2) is 18.1 Å². The van der Waals surface area contributed by atoms with Gasteiger partial charge in [0.2, 0.25) is 5.88 Å². The highest BCUT2D eigenvalue weighted by Gasteiger charge is 2.10. The van der Waals surface area contributed by atoms with Gasteiger partial charge in [0.25, 0.3) is 0 Å². The number of anilines is 1. The number of rotatable bonds is 7. The van der Waals surface area contributed by atoms with Crippen LogP contribution in [0.1, 0.15) is 40.0 Å². The molecule has 1 heterocycles. The lowest BCUT2D eigenvalue weighted by Gasteiger charge is -2.21. The Morgan fingerprint density at radius 1 is 1.29 bits per heavy atom. The fraction of sp³-hybridized carbons (Fsp3) is 0.643. The molecule has 0 aliphatic rings. The van der Waals surface area contributed by atoms with Crippen LogP contribution in [0.2, 0.25) is 0 Å². The molecule has 0 aromatic carbocycles. The first-order valence-corrected chi connectivity index (χ1v) is 6.46. The van der Waals surface area contributed by atoms with E-state index < -0.39 is 0 Å². The molecular weight excluding hydrogens is 212 g/mol. The number of aromatic nitrogens is 1. The van der Waals surface area contributed by atoms with Crippen molar-refractivity contribution < 1.29 is 4.74 Å². The quantitative estimate of drug-likeness (QED) is 0.783. The molecule has 0 fully saturated rings. The van der Waals surface area contributed by atoms with Crippen LogP contribution in [0.15, 0.2) is 18.3 Å². The molecule has 2 atom stereocenters. The predicted octanol–water partition coefficient (Wildman–Crippen LogP) is 3.72. The number of pyridine rings is 1. The van der Waals surface area contributed by atoms with Crippen LogP contribution in [0.5, 0.6) is 5.88 Å². The SMILES string of the molecule is CCC(C)CC(CC)Nc1ccc(OC)nc1. The first kappa shape index (κ1) is 13.8. The van der Waals surface area contributed by atoms with E-state index in [0.29, 0.717) is 11.9 Å². The fourth-order valence-corrected chi connectivity index (χ4v) is 1.80. The summed E-state index contributed by atoms with van der Waals surface area (Å²) in [5, 5.41) is 3.53. The summed E-state index contributed by atoms with van der Waals surface area (Å²) in [4.78, 5) is 4.20. The van der Waals surface area contributed by atoms with Gasteiger partial charge in [-0.05, 0) is 24.8 Å². The van der Waals surface area contributed by atoms with E-state index in [1.807, 2.05) is 18.3 Å². The Morgan fingerprint density at radius 2 is 2.06 bits per heavy atom. The summed E-state index contributed by atoms with van der Waals surface area (Å²) >= 11 is 0. The number of nitrogens with zero attached hydrogens (tertiary/aromatic N) is 1. The van der Waals surface area contributed by atoms with Crippen LogP contribution >= 0.6 is 0 Å². The minimum atomic E-state index is 0.528. The smallest absolute Gasteiger partial charge is 0.213 e. The normalized spacial score (nSPS) is 14.1. The minimum Gasteiger partial charge on any atom is -0.481 e. The van der Waals surface area contributed by atoms with Crippen molar-refractivity contribution in [3.63, 3.8) is 0 Å². The van der Waals surface area contributed by atoms with Crippen LogP contribution in [-0.2, 0) is 0 Å². The lowest BCUT2D eigenvalue weighted by molar-refractivity contribution is 0.398. The van der Waals surface area contributed by atoms with Crippen LogP contribution in [0, 0.1) is 5.92 Å². The average Bonchev–Trinajstić information content (AvgIpc) is 2.38. The maximum Gasteiger partial charge on any atom is 0.213 e. The second-order valence-electron chi connectivity index (χ2n) is 4.59. The van der Waals surface area contributed by atoms with Gasteiger partial charge < -0.3 is 10.1 Å². The van der Waals surface area contributed by atoms with Crippen LogP contribution < -0.4 is 10.1 Å². The maximum absolute atomic E-state index is 5.04. The van der Waals surface area contributed by atoms with Crippen molar-refractivity contribution in [3.8, 4) is 5.88 Å². The third kappa shape index (κ3) is 4.63. The molecule has 1 aromatic heterocycles. The van der Waals surface area contributed by atoms with Gasteiger partial charge in [0.05, 0.1) is 19.0 Å². The Balaban J connectivity index is 2.54. The molecule has 1 aromatic rings. The molecule has 1 N–H and O–H groups in total. The maximum atomic E-state index is 5.04. The summed E-state index contributed by atoms with van der Waals surface area (Å²) in [6.07, 6.45) is 5.41. The van der Waals surface area contributed by atoms with Crippen molar-refractivity contribution in [1.29, 1.82) is 0 Å². The molecule has 0 saturated carbocycles. The Labute approximate surface area is 105 Å². The van der Waals surface area contributed by atoms with Crippen LogP contribution in [0.4, 0.5) is 5.69 Å². The van der Waals surface area contributed by atoms with E-state index in [9.17, 15) is 0 Å². The topological polar surface area (TPSA) is 34.1 Å². The van der Waals surface area contributed by atoms with E-state index in [1.54, 1.807) is 7.11 Å². The first-order valence-electron chi connectivity index (χ1n) is 6.46. The summed E-state index contributed by atoms with van der Waals surface area (Å²) in [6.45, 7) is 6.76. The van der Waals surface area contributed by atoms with E-state index in [1.165, 1.54) is 12.8 Å². The Morgan fingerprint density at radius 3 is 2.53 bits per heavy atom. The van der Waals surface area contributed by atoms with E-state index in [0.717, 1.165) is 18.0 Å². The molecule has 0 spiro atoms. The van der Waals surface area contributed by atoms with Gasteiger partial charge >= 0.3 is 0 Å². The predicted molar refractivity (Wildman–Crippen MR) is 72.6 cm³/mol. The first-order chi connectivity index (χ1) is 8.19. The van der Waals surface area contributed by atoms with Crippen molar-refractivity contribution in [1.82, 2.24) is 4.98 Å². The largest absolute Gasteiger partial charge is 0.481 e. The van der Waals surface area contributed by atoms with E-state index in [-0.39, 0.29) is 0 Å². The lowest BCUT2D eigenvalue weighted by Crippen LogP contribution is -2.21. The van der Waals surface area contributed by atoms with Crippen LogP contribution in [0.25, 0.3) is 0 Å². The molecule has 0 aliphatic carbocycles. The lowest BCUT2D eigenvalue weighted by atomic mass is 9.98. The molecule has 3 nitrogen and oxygen atoms in total. The van der Waals surface area contributed by atoms with Crippen molar-refractivity contribution in [2.45, 2.75) is 46.1 Å². The van der Waals surface area contributed by atoms with Gasteiger partial charge in [-0.15, -0.1) is 0 Å². The number of methoxy groups -OCH3 is 1. The number of hydrogen-bond acceptors (Lipinski definition) is 3. The molecule has 0 amide bonds. The third-order valence-corrected chi connectivity index (χ3v) is 3.19. The molecule has 0 radical (unpaired) electrons. The van der Waals surface area contributed by atoms with Gasteiger partial charge in [-0.25, -0.2) is 4.98 Å². The Hall–Kier alpha value is -1.25. The highest BCUT2D eigenvalue weighted by Crippen LogP contribution is 2.18. The fourth-order valence-electron chi connectivity index (χ4n) is 1.80. The van der Waals surface area contributed by atoms with Gasteiger partial charge in [0, 0.05) is 12.1 Å². The molecule has 0 bridgehead atoms. The molecule has 1 rings (SSSR count). The standard InChI is InChI=1S/C14H24N2O/c1-5-11(3)9-12(6-2)16-13-7-8-14(17-4)15-10-13/h7-8,10-12,16H,5-6,9H2,1-4H3. The van der Waals surface area contributed by atoms with Gasteiger partial charge in [-0.2, -0.15) is 0 Å². The summed E-state index contributed by atoms with van der Waals surface area (Å²) in [7, 11) is 1.63. The van der Waals surface area contributed by atoms with E-state index in [4.69, 9.17) is 4.74 Å². The van der Waals surface area contributed by atoms with Crippen molar-refractivity contribution in [3.05, 3.63) is 18.3 Å². The van der Waals surface area contributed by atoms with Crippen LogP contribution in [0.3, 0.4) is 0 Å². The number of nitrogens with one attached hydrogen (secondary N) is 1. The molecular formula is C14H24N2O. The average molecular weight is 236 g/mol. The second-order valence-corrected chi connectivity index (χ2v) is 4.59. The van der Waals surface area contributed by atoms with Gasteiger partial charge in [-0.1, -0.05) is 27.2 Å². The summed E-state index contributed by atoms with van der Waals surface area (Å²) in [5.74, 6) is 1.42. The Bertz CT molecular complexity index is 311. The van der Waals surface area contributed by atoms with Crippen molar-refractivity contribution >= 4 is 5.69 Å². The molecule has 17 heavy (non-hydrogen) atoms. The van der Waals surface area contributed by atoms with Gasteiger partial charge in [0.15, 0.2) is 0 Å². The summed E-state index contributed by atoms with van der Waals surface area (Å²) in [5.41, 5.74) is 1.07. The monoisotopic (exact) mass is 236 g/mol. The van der Waals surface area contributed by atoms with E-state index >= 15 is 0 Å². The molecule has 0 aliphatic heterocycles. The van der Waals surface area contributed by atoms with Crippen molar-refractivity contribution in [2.24, 2.45) is 5.92 Å². The summed E-state index contributed by atoms with van der Waals surface area (Å²) < 4.78 is 5.04. The Kier molecular flexibility index (Phi) is 5.81. The minimum absolute atomic E-state index is 0.528. The zero-order valence-corrected chi connectivity index (χ0v) is 11.4.